The number of nitrogens with zero attached hydrogens (tertiary/aromatic N) is 3. The number of carbonyl (C=O) groups excluding carboxylic acids is 1. The lowest BCUT2D eigenvalue weighted by molar-refractivity contribution is -0.121. The zero-order valence-electron chi connectivity index (χ0n) is 16.8. The first-order chi connectivity index (χ1) is 15.1. The number of aliphatic imine (C=N–C) groups is 1. The largest absolute Gasteiger partial charge is 0.508 e. The van der Waals surface area contributed by atoms with Crippen molar-refractivity contribution in [2.75, 3.05) is 7.05 Å². The summed E-state index contributed by atoms with van der Waals surface area (Å²) in [7, 11) is 1.75. The minimum absolute atomic E-state index is 0.0806. The van der Waals surface area contributed by atoms with Gasteiger partial charge in [-0.2, -0.15) is 0 Å². The summed E-state index contributed by atoms with van der Waals surface area (Å²) < 4.78 is 1.97. The molecule has 0 aliphatic carbocycles. The monoisotopic (exact) mass is 425 g/mol. The van der Waals surface area contributed by atoms with Gasteiger partial charge >= 0.3 is 0 Å². The van der Waals surface area contributed by atoms with Gasteiger partial charge in [0.15, 0.2) is 5.17 Å². The molecular weight excluding hydrogens is 406 g/mol. The summed E-state index contributed by atoms with van der Waals surface area (Å²) in [6.07, 6.45) is 3.80. The molecule has 0 radical (unpaired) electrons. The highest BCUT2D eigenvalue weighted by Crippen LogP contribution is 2.34. The number of aromatic nitrogens is 1. The van der Waals surface area contributed by atoms with Gasteiger partial charge in [0.25, 0.3) is 5.91 Å². The maximum absolute atomic E-state index is 12.9. The maximum Gasteiger partial charge on any atom is 0.266 e. The SMILES string of the molecule is CN1C(=O)/C(=C/c2cccn2-c2ccc(O)cc2)SC1=Nc1ccc2ccccc2c1. The van der Waals surface area contributed by atoms with Crippen LogP contribution in [-0.4, -0.2) is 32.7 Å². The lowest BCUT2D eigenvalue weighted by atomic mass is 10.1. The van der Waals surface area contributed by atoms with Crippen molar-refractivity contribution in [2.45, 2.75) is 0 Å². The van der Waals surface area contributed by atoms with Gasteiger partial charge in [-0.15, -0.1) is 0 Å². The number of amides is 1. The summed E-state index contributed by atoms with van der Waals surface area (Å²) in [5, 5.41) is 12.5. The fourth-order valence-electron chi connectivity index (χ4n) is 3.50. The number of phenols is 1. The minimum atomic E-state index is -0.0806. The number of fused-ring (bicyclic) bond motifs is 1. The molecule has 6 heteroatoms. The molecule has 2 heterocycles. The van der Waals surface area contributed by atoms with Gasteiger partial charge in [0, 0.05) is 24.6 Å². The van der Waals surface area contributed by atoms with Crippen LogP contribution in [0.3, 0.4) is 0 Å². The number of aromatic hydroxyl groups is 1. The van der Waals surface area contributed by atoms with Crippen molar-refractivity contribution in [3.05, 3.63) is 95.7 Å². The van der Waals surface area contributed by atoms with E-state index in [1.54, 1.807) is 24.1 Å². The molecule has 1 aliphatic rings. The number of benzene rings is 3. The molecule has 5 rings (SSSR count). The van der Waals surface area contributed by atoms with Gasteiger partial charge in [-0.05, 0) is 77.1 Å². The van der Waals surface area contributed by atoms with Gasteiger partial charge in [0.05, 0.1) is 10.6 Å². The smallest absolute Gasteiger partial charge is 0.266 e. The summed E-state index contributed by atoms with van der Waals surface area (Å²) in [6, 6.07) is 25.0. The van der Waals surface area contributed by atoms with Gasteiger partial charge < -0.3 is 9.67 Å². The summed E-state index contributed by atoms with van der Waals surface area (Å²) in [4.78, 5) is 19.8. The zero-order chi connectivity index (χ0) is 21.4. The molecule has 152 valence electrons. The highest BCUT2D eigenvalue weighted by atomic mass is 32.2. The Hall–Kier alpha value is -3.77. The van der Waals surface area contributed by atoms with E-state index in [1.165, 1.54) is 11.8 Å². The van der Waals surface area contributed by atoms with Crippen molar-refractivity contribution in [1.82, 2.24) is 9.47 Å². The zero-order valence-corrected chi connectivity index (χ0v) is 17.6. The molecule has 3 aromatic carbocycles. The summed E-state index contributed by atoms with van der Waals surface area (Å²) >= 11 is 1.37. The van der Waals surface area contributed by atoms with Crippen LogP contribution in [0.25, 0.3) is 22.5 Å². The fraction of sp³-hybridized carbons (Fsp3) is 0.0400. The third-order valence-corrected chi connectivity index (χ3v) is 6.21. The second kappa shape index (κ2) is 7.81. The Morgan fingerprint density at radius 1 is 0.935 bits per heavy atom. The van der Waals surface area contributed by atoms with Crippen LogP contribution < -0.4 is 0 Å². The lowest BCUT2D eigenvalue weighted by Crippen LogP contribution is -2.23. The van der Waals surface area contributed by atoms with Gasteiger partial charge in [-0.3, -0.25) is 9.69 Å². The summed E-state index contributed by atoms with van der Waals surface area (Å²) in [6.45, 7) is 0. The van der Waals surface area contributed by atoms with Crippen molar-refractivity contribution in [3.8, 4) is 11.4 Å². The van der Waals surface area contributed by atoms with Crippen LogP contribution in [0.1, 0.15) is 5.69 Å². The van der Waals surface area contributed by atoms with Gasteiger partial charge in [0.1, 0.15) is 5.75 Å². The second-order valence-corrected chi connectivity index (χ2v) is 8.23. The first-order valence-corrected chi connectivity index (χ1v) is 10.6. The van der Waals surface area contributed by atoms with Crippen LogP contribution in [0.15, 0.2) is 95.0 Å². The number of hydrogen-bond donors (Lipinski definition) is 1. The average molecular weight is 426 g/mol. The molecular formula is C25H19N3O2S. The normalized spacial score (nSPS) is 16.7. The number of amidine groups is 1. The van der Waals surface area contributed by atoms with Crippen LogP contribution in [0.2, 0.25) is 0 Å². The number of thioether (sulfide) groups is 1. The topological polar surface area (TPSA) is 57.8 Å². The highest BCUT2D eigenvalue weighted by molar-refractivity contribution is 8.18. The molecule has 0 spiro atoms. The summed E-state index contributed by atoms with van der Waals surface area (Å²) in [5.74, 6) is 0.136. The Kier molecular flexibility index (Phi) is 4.84. The maximum atomic E-state index is 12.9. The van der Waals surface area contributed by atoms with Crippen molar-refractivity contribution in [2.24, 2.45) is 4.99 Å². The summed E-state index contributed by atoms with van der Waals surface area (Å²) in [5.41, 5.74) is 2.60. The number of hydrogen-bond acceptors (Lipinski definition) is 4. The van der Waals surface area contributed by atoms with Crippen molar-refractivity contribution >= 4 is 45.4 Å². The number of carbonyl (C=O) groups is 1. The molecule has 0 atom stereocenters. The third-order valence-electron chi connectivity index (χ3n) is 5.15. The molecule has 5 nitrogen and oxygen atoms in total. The molecule has 1 fully saturated rings. The molecule has 1 saturated heterocycles. The highest BCUT2D eigenvalue weighted by Gasteiger charge is 2.30. The standard InChI is InChI=1S/C25H19N3O2S/c1-27-24(30)23(16-21-7-4-14-28(21)20-10-12-22(29)13-11-20)31-25(27)26-19-9-8-17-5-2-3-6-18(17)15-19/h2-16,29H,1H3/b23-16-,26-25?. The molecule has 1 aromatic heterocycles. The van der Waals surface area contributed by atoms with E-state index in [-0.39, 0.29) is 11.7 Å². The molecule has 0 bridgehead atoms. The quantitative estimate of drug-likeness (QED) is 0.437. The molecule has 1 N–H and O–H groups in total. The van der Waals surface area contributed by atoms with Crippen molar-refractivity contribution in [3.63, 3.8) is 0 Å². The van der Waals surface area contributed by atoms with E-state index in [4.69, 9.17) is 4.99 Å². The molecule has 0 unspecified atom stereocenters. The number of phenolic OH excluding ortho intramolecular Hbond substituents is 1. The van der Waals surface area contributed by atoms with E-state index in [0.717, 1.165) is 27.8 Å². The van der Waals surface area contributed by atoms with E-state index in [2.05, 4.69) is 12.1 Å². The Bertz CT molecular complexity index is 1350. The predicted octanol–water partition coefficient (Wildman–Crippen LogP) is 5.57. The van der Waals surface area contributed by atoms with Crippen LogP contribution in [0.4, 0.5) is 5.69 Å². The number of likely N-dealkylation sites (N-methyl/N-ethyl adjacent to an activating group) is 1. The minimum Gasteiger partial charge on any atom is -0.508 e. The van der Waals surface area contributed by atoms with Crippen LogP contribution >= 0.6 is 11.8 Å². The van der Waals surface area contributed by atoms with Crippen molar-refractivity contribution in [1.29, 1.82) is 0 Å². The lowest BCUT2D eigenvalue weighted by Gasteiger charge is -2.08. The van der Waals surface area contributed by atoms with Crippen LogP contribution in [0, 0.1) is 0 Å². The second-order valence-electron chi connectivity index (χ2n) is 7.22. The van der Waals surface area contributed by atoms with Gasteiger partial charge in [-0.25, -0.2) is 4.99 Å². The average Bonchev–Trinajstić information content (AvgIpc) is 3.35. The molecule has 31 heavy (non-hydrogen) atoms. The van der Waals surface area contributed by atoms with E-state index >= 15 is 0 Å². The van der Waals surface area contributed by atoms with Gasteiger partial charge in [-0.1, -0.05) is 30.3 Å². The fourth-order valence-corrected chi connectivity index (χ4v) is 4.47. The Balaban J connectivity index is 1.46. The van der Waals surface area contributed by atoms with Crippen molar-refractivity contribution < 1.29 is 9.90 Å². The Labute approximate surface area is 184 Å². The Morgan fingerprint density at radius 3 is 2.52 bits per heavy atom. The van der Waals surface area contributed by atoms with Gasteiger partial charge in [0.2, 0.25) is 0 Å². The van der Waals surface area contributed by atoms with E-state index in [9.17, 15) is 9.90 Å². The van der Waals surface area contributed by atoms with E-state index in [0.29, 0.717) is 10.1 Å². The first-order valence-electron chi connectivity index (χ1n) is 9.80. The Morgan fingerprint density at radius 2 is 1.71 bits per heavy atom. The van der Waals surface area contributed by atoms with E-state index < -0.39 is 0 Å². The molecule has 0 saturated carbocycles. The van der Waals surface area contributed by atoms with E-state index in [1.807, 2.05) is 71.4 Å². The van der Waals surface area contributed by atoms with Crippen LogP contribution in [-0.2, 0) is 4.79 Å². The molecule has 1 aliphatic heterocycles. The number of rotatable bonds is 3. The van der Waals surface area contributed by atoms with Crippen LogP contribution in [0.5, 0.6) is 5.75 Å². The third kappa shape index (κ3) is 3.73. The molecule has 4 aromatic rings. The molecule has 1 amide bonds. The first kappa shape index (κ1) is 19.2. The predicted molar refractivity (Wildman–Crippen MR) is 127 cm³/mol.